The van der Waals surface area contributed by atoms with E-state index in [0.29, 0.717) is 62.2 Å². The summed E-state index contributed by atoms with van der Waals surface area (Å²) in [5.74, 6) is -0.993. The number of nitrogens with one attached hydrogen (secondary N) is 4. The maximum Gasteiger partial charge on any atom is 0.408 e. The molecule has 2 fully saturated rings. The van der Waals surface area contributed by atoms with Crippen molar-refractivity contribution in [2.24, 2.45) is 0 Å². The summed E-state index contributed by atoms with van der Waals surface area (Å²) >= 11 is 1.30. The normalized spacial score (nSPS) is 20.6. The van der Waals surface area contributed by atoms with E-state index in [1.54, 1.807) is 65.8 Å². The lowest BCUT2D eigenvalue weighted by Crippen LogP contribution is -2.45. The van der Waals surface area contributed by atoms with Crippen molar-refractivity contribution in [1.82, 2.24) is 16.1 Å². The number of hydrogen-bond acceptors (Lipinski definition) is 11. The van der Waals surface area contributed by atoms with Gasteiger partial charge >= 0.3 is 12.2 Å². The number of rotatable bonds is 14. The van der Waals surface area contributed by atoms with Crippen LogP contribution in [0.3, 0.4) is 0 Å². The Balaban J connectivity index is 1.46. The molecule has 2 saturated heterocycles. The molecule has 2 aliphatic heterocycles. The molecule has 0 saturated carbocycles. The van der Waals surface area contributed by atoms with Crippen LogP contribution in [0.25, 0.3) is 10.4 Å². The molecule has 1 unspecified atom stereocenters. The summed E-state index contributed by atoms with van der Waals surface area (Å²) in [5.41, 5.74) is 2.25. The van der Waals surface area contributed by atoms with Crippen molar-refractivity contribution >= 4 is 50.9 Å². The van der Waals surface area contributed by atoms with Crippen LogP contribution in [0, 0.1) is 0 Å². The van der Waals surface area contributed by atoms with Gasteiger partial charge < -0.3 is 30.2 Å². The highest BCUT2D eigenvalue weighted by atomic mass is 32.2. The molecular formula is C38H56N4O10S2. The van der Waals surface area contributed by atoms with E-state index in [9.17, 15) is 27.6 Å². The second-order valence-electron chi connectivity index (χ2n) is 15.7. The van der Waals surface area contributed by atoms with Crippen LogP contribution >= 0.6 is 11.3 Å². The van der Waals surface area contributed by atoms with Crippen molar-refractivity contribution in [3.8, 4) is 10.4 Å². The number of alkyl carbamates (subject to hydrolysis) is 2. The topological polar surface area (TPSA) is 187 Å². The second-order valence-corrected chi connectivity index (χ2v) is 19.2. The number of carbonyl (C=O) groups is 4. The molecule has 4 N–H and O–H groups in total. The fraction of sp³-hybridized carbons (Fsp3) is 0.632. The minimum absolute atomic E-state index is 0.0135. The van der Waals surface area contributed by atoms with Crippen LogP contribution in [0.2, 0.25) is 0 Å². The van der Waals surface area contributed by atoms with Crippen LogP contribution in [-0.2, 0) is 43.2 Å². The fourth-order valence-electron chi connectivity index (χ4n) is 6.26. The average Bonchev–Trinajstić information content (AvgIpc) is 3.58. The molecule has 16 heteroatoms. The number of anilines is 1. The van der Waals surface area contributed by atoms with Gasteiger partial charge in [-0.25, -0.2) is 28.3 Å². The van der Waals surface area contributed by atoms with Crippen molar-refractivity contribution in [2.75, 3.05) is 24.2 Å². The van der Waals surface area contributed by atoms with Crippen LogP contribution in [0.4, 0.5) is 15.3 Å². The van der Waals surface area contributed by atoms with Gasteiger partial charge in [0.05, 0.1) is 12.2 Å². The molecule has 1 aromatic carbocycles. The molecule has 54 heavy (non-hydrogen) atoms. The largest absolute Gasteiger partial charge is 0.444 e. The zero-order chi connectivity index (χ0) is 39.6. The van der Waals surface area contributed by atoms with Crippen LogP contribution in [0.5, 0.6) is 0 Å². The fourth-order valence-corrected chi connectivity index (χ4v) is 10.0. The molecule has 0 aliphatic carbocycles. The zero-order valence-corrected chi connectivity index (χ0v) is 33.8. The van der Waals surface area contributed by atoms with Crippen LogP contribution in [-0.4, -0.2) is 74.9 Å². The van der Waals surface area contributed by atoms with E-state index in [0.717, 1.165) is 23.3 Å². The van der Waals surface area contributed by atoms with E-state index in [1.807, 2.05) is 12.1 Å². The maximum atomic E-state index is 13.7. The highest BCUT2D eigenvalue weighted by Gasteiger charge is 2.49. The maximum absolute atomic E-state index is 13.7. The van der Waals surface area contributed by atoms with Crippen LogP contribution in [0.15, 0.2) is 36.4 Å². The predicted octanol–water partition coefficient (Wildman–Crippen LogP) is 6.70. The van der Waals surface area contributed by atoms with Crippen molar-refractivity contribution in [3.05, 3.63) is 41.3 Å². The number of amides is 4. The second kappa shape index (κ2) is 18.7. The molecule has 2 aromatic rings. The summed E-state index contributed by atoms with van der Waals surface area (Å²) in [5, 5.41) is 8.27. The van der Waals surface area contributed by atoms with Gasteiger partial charge in [0, 0.05) is 35.0 Å². The lowest BCUT2D eigenvalue weighted by molar-refractivity contribution is -0.200. The van der Waals surface area contributed by atoms with Crippen molar-refractivity contribution in [1.29, 1.82) is 0 Å². The Hall–Kier alpha value is -3.73. The predicted molar refractivity (Wildman–Crippen MR) is 206 cm³/mol. The van der Waals surface area contributed by atoms with Gasteiger partial charge in [-0.3, -0.25) is 9.59 Å². The molecule has 0 radical (unpaired) electrons. The number of sulfone groups is 1. The van der Waals surface area contributed by atoms with E-state index in [1.165, 1.54) is 11.3 Å². The monoisotopic (exact) mass is 792 g/mol. The lowest BCUT2D eigenvalue weighted by Gasteiger charge is -2.35. The van der Waals surface area contributed by atoms with E-state index in [-0.39, 0.29) is 18.6 Å². The number of ether oxygens (including phenoxy) is 3. The van der Waals surface area contributed by atoms with E-state index in [4.69, 9.17) is 19.0 Å². The Labute approximate surface area is 322 Å². The molecule has 3 heterocycles. The minimum atomic E-state index is -3.69. The molecule has 14 nitrogen and oxygen atoms in total. The van der Waals surface area contributed by atoms with Crippen molar-refractivity contribution in [2.45, 2.75) is 134 Å². The average molecular weight is 793 g/mol. The van der Waals surface area contributed by atoms with Gasteiger partial charge in [0.15, 0.2) is 16.1 Å². The summed E-state index contributed by atoms with van der Waals surface area (Å²) in [6.07, 6.45) is 3.21. The third-order valence-electron chi connectivity index (χ3n) is 8.79. The molecule has 4 amide bonds. The van der Waals surface area contributed by atoms with Crippen LogP contribution < -0.4 is 21.4 Å². The molecule has 4 rings (SSSR count). The number of hydrogen-bond donors (Lipinski definition) is 4. The third-order valence-corrected chi connectivity index (χ3v) is 12.8. The van der Waals surface area contributed by atoms with Gasteiger partial charge in [0.2, 0.25) is 11.8 Å². The SMILES string of the molecule is CC(C)(C)OC(=O)NCCCC[C@H](NC(=O)OC(C)(C)C)C(=O)Nc1cccc(-c2ccc([C@@]3(CC(=O)NOC4CCCCO4)CCCCS3(=O)=O)s2)c1. The van der Waals surface area contributed by atoms with E-state index < -0.39 is 62.1 Å². The molecule has 1 aromatic heterocycles. The van der Waals surface area contributed by atoms with Gasteiger partial charge in [-0.2, -0.15) is 0 Å². The summed E-state index contributed by atoms with van der Waals surface area (Å²) < 4.78 is 42.3. The Morgan fingerprint density at radius 1 is 0.944 bits per heavy atom. The highest BCUT2D eigenvalue weighted by Crippen LogP contribution is 2.47. The van der Waals surface area contributed by atoms with Gasteiger partial charge in [0.1, 0.15) is 22.0 Å². The summed E-state index contributed by atoms with van der Waals surface area (Å²) in [4.78, 5) is 58.2. The standard InChI is InChI=1S/C38H56N4O10S2/c1-36(2,3)50-34(45)39-21-10-7-16-28(41-35(46)51-37(4,5)6)33(44)40-27-15-13-14-26(24-27)29-18-19-30(53-29)38(20-9-12-23-54(38,47)48)25-31(43)42-52-32-17-8-11-22-49-32/h13-15,18-19,24,28,32H,7-12,16-17,20-23,25H2,1-6H3,(H,39,45)(H,40,44)(H,41,46)(H,42,43)/t28-,32?,38-/m0/s1. The Morgan fingerprint density at radius 2 is 1.69 bits per heavy atom. The van der Waals surface area contributed by atoms with Gasteiger partial charge in [-0.1, -0.05) is 18.6 Å². The summed E-state index contributed by atoms with van der Waals surface area (Å²) in [7, 11) is -3.69. The first-order chi connectivity index (χ1) is 25.4. The zero-order valence-electron chi connectivity index (χ0n) is 32.2. The van der Waals surface area contributed by atoms with Crippen LogP contribution in [0.1, 0.15) is 111 Å². The van der Waals surface area contributed by atoms with Gasteiger partial charge in [-0.05, 0) is 116 Å². The van der Waals surface area contributed by atoms with E-state index >= 15 is 0 Å². The Bertz CT molecular complexity index is 1710. The third kappa shape index (κ3) is 12.9. The lowest BCUT2D eigenvalue weighted by atomic mass is 9.94. The summed E-state index contributed by atoms with van der Waals surface area (Å²) in [6.45, 7) is 11.4. The molecular weight excluding hydrogens is 737 g/mol. The van der Waals surface area contributed by atoms with Gasteiger partial charge in [0.25, 0.3) is 0 Å². The molecule has 0 spiro atoms. The quantitative estimate of drug-likeness (QED) is 0.118. The number of unbranched alkanes of at least 4 members (excludes halogenated alkanes) is 1. The van der Waals surface area contributed by atoms with Gasteiger partial charge in [-0.15, -0.1) is 11.3 Å². The first kappa shape index (κ1) is 43.0. The van der Waals surface area contributed by atoms with Crippen molar-refractivity contribution in [3.63, 3.8) is 0 Å². The smallest absolute Gasteiger partial charge is 0.408 e. The molecule has 3 atom stereocenters. The van der Waals surface area contributed by atoms with Crippen molar-refractivity contribution < 1.29 is 46.6 Å². The minimum Gasteiger partial charge on any atom is -0.444 e. The first-order valence-corrected chi connectivity index (χ1v) is 21.1. The molecule has 0 bridgehead atoms. The number of hydroxylamine groups is 1. The first-order valence-electron chi connectivity index (χ1n) is 18.6. The number of thiophene rings is 1. The number of benzene rings is 1. The molecule has 2 aliphatic rings. The Morgan fingerprint density at radius 3 is 2.37 bits per heavy atom. The highest BCUT2D eigenvalue weighted by molar-refractivity contribution is 7.92. The van der Waals surface area contributed by atoms with E-state index in [2.05, 4.69) is 21.4 Å². The molecule has 300 valence electrons. The summed E-state index contributed by atoms with van der Waals surface area (Å²) in [6, 6.07) is 9.78. The number of carbonyl (C=O) groups excluding carboxylic acids is 4. The Kier molecular flexibility index (Phi) is 14.9.